The summed E-state index contributed by atoms with van der Waals surface area (Å²) < 4.78 is 26.1. The molecule has 0 aromatic heterocycles. The first kappa shape index (κ1) is 28.6. The van der Waals surface area contributed by atoms with Gasteiger partial charge in [-0.05, 0) is 48.0 Å². The lowest BCUT2D eigenvalue weighted by atomic mass is 10.0. The van der Waals surface area contributed by atoms with Gasteiger partial charge in [0.2, 0.25) is 0 Å². The minimum absolute atomic E-state index is 0.102. The largest absolute Gasteiger partial charge is 0.460 e. The average molecular weight is 444 g/mol. The molecule has 1 N–H and O–H groups in total. The van der Waals surface area contributed by atoms with Crippen LogP contribution in [0, 0.1) is 0 Å². The molecule has 9 nitrogen and oxygen atoms in total. The fourth-order valence-electron chi connectivity index (χ4n) is 2.01. The van der Waals surface area contributed by atoms with Crippen LogP contribution in [0.2, 0.25) is 0 Å². The van der Waals surface area contributed by atoms with Crippen molar-refractivity contribution >= 4 is 18.0 Å². The molecule has 0 spiro atoms. The number of rotatable bonds is 14. The van der Waals surface area contributed by atoms with Crippen molar-refractivity contribution in [1.82, 2.24) is 5.32 Å². The number of hydrogen-bond donors (Lipinski definition) is 1. The lowest BCUT2D eigenvalue weighted by Gasteiger charge is -2.24. The molecule has 0 fully saturated rings. The highest BCUT2D eigenvalue weighted by atomic mass is 16.6. The summed E-state index contributed by atoms with van der Waals surface area (Å²) in [5.74, 6) is -0.936. The molecule has 0 radical (unpaired) electrons. The molecule has 0 saturated carbocycles. The summed E-state index contributed by atoms with van der Waals surface area (Å²) in [5, 5.41) is 2.57. The topological polar surface area (TPSA) is 109 Å². The Bertz CT molecular complexity index is 619. The minimum Gasteiger partial charge on any atom is -0.460 e. The lowest BCUT2D eigenvalue weighted by Crippen LogP contribution is -2.34. The molecule has 0 aromatic carbocycles. The van der Waals surface area contributed by atoms with Gasteiger partial charge in [-0.3, -0.25) is 0 Å². The van der Waals surface area contributed by atoms with E-state index in [1.165, 1.54) is 0 Å². The summed E-state index contributed by atoms with van der Waals surface area (Å²) in [7, 11) is 0. The van der Waals surface area contributed by atoms with Crippen molar-refractivity contribution in [3.05, 3.63) is 24.3 Å². The van der Waals surface area contributed by atoms with Gasteiger partial charge < -0.3 is 29.0 Å². The third-order valence-electron chi connectivity index (χ3n) is 3.58. The molecule has 0 unspecified atom stereocenters. The van der Waals surface area contributed by atoms with Gasteiger partial charge in [0, 0.05) is 18.2 Å². The normalized spacial score (nSPS) is 12.1. The molecule has 31 heavy (non-hydrogen) atoms. The Balaban J connectivity index is 3.97. The molecule has 0 aliphatic carbocycles. The van der Waals surface area contributed by atoms with Crippen LogP contribution in [0.15, 0.2) is 24.3 Å². The monoisotopic (exact) mass is 443 g/mol. The number of carbonyl (C=O) groups excluding carboxylic acids is 3. The van der Waals surface area contributed by atoms with Crippen LogP contribution in [0.4, 0.5) is 4.79 Å². The number of amides is 1. The van der Waals surface area contributed by atoms with Gasteiger partial charge >= 0.3 is 18.0 Å². The molecule has 0 rings (SSSR count). The molecular weight excluding hydrogens is 406 g/mol. The summed E-state index contributed by atoms with van der Waals surface area (Å²) in [6.07, 6.45) is 2.81. The van der Waals surface area contributed by atoms with Crippen molar-refractivity contribution in [2.45, 2.75) is 59.2 Å². The van der Waals surface area contributed by atoms with Crippen LogP contribution in [-0.2, 0) is 33.3 Å². The van der Waals surface area contributed by atoms with E-state index in [0.717, 1.165) is 6.08 Å². The predicted molar refractivity (Wildman–Crippen MR) is 116 cm³/mol. The first-order valence-corrected chi connectivity index (χ1v) is 10.2. The molecule has 0 aliphatic rings. The van der Waals surface area contributed by atoms with E-state index in [1.807, 2.05) is 13.8 Å². The zero-order chi connectivity index (χ0) is 23.9. The van der Waals surface area contributed by atoms with Crippen molar-refractivity contribution in [2.75, 3.05) is 39.6 Å². The van der Waals surface area contributed by atoms with Crippen LogP contribution in [-0.4, -0.2) is 68.8 Å². The van der Waals surface area contributed by atoms with Crippen LogP contribution < -0.4 is 5.32 Å². The van der Waals surface area contributed by atoms with Crippen molar-refractivity contribution in [1.29, 1.82) is 0 Å². The van der Waals surface area contributed by atoms with E-state index in [0.29, 0.717) is 18.5 Å². The number of esters is 2. The third-order valence-corrected chi connectivity index (χ3v) is 3.58. The summed E-state index contributed by atoms with van der Waals surface area (Å²) in [6.45, 7) is 15.3. The van der Waals surface area contributed by atoms with Crippen molar-refractivity contribution in [3.8, 4) is 0 Å². The standard InChI is InChI=1S/C22H37NO8/c1-8-18(24)28-15-16-30-22(6,7)10-9-17(2)19(25)29-14-13-27-12-11-23-20(26)31-21(3,4)5/h8-9H,1,10-16H2,2-7H3,(H,23,26)/b17-9+. The molecule has 0 aliphatic heterocycles. The van der Waals surface area contributed by atoms with E-state index in [-0.39, 0.29) is 33.0 Å². The Hall–Kier alpha value is -2.39. The fourth-order valence-corrected chi connectivity index (χ4v) is 2.01. The smallest absolute Gasteiger partial charge is 0.407 e. The number of carbonyl (C=O) groups is 3. The number of alkyl carbamates (subject to hydrolysis) is 1. The van der Waals surface area contributed by atoms with Crippen LogP contribution in [0.1, 0.15) is 48.0 Å². The third kappa shape index (κ3) is 17.0. The SMILES string of the molecule is C=CC(=O)OCCOC(C)(C)C/C=C(\C)C(=O)OCCOCCNC(=O)OC(C)(C)C. The van der Waals surface area contributed by atoms with Gasteiger partial charge in [0.05, 0.1) is 25.4 Å². The fraction of sp³-hybridized carbons (Fsp3) is 0.682. The number of ether oxygens (including phenoxy) is 5. The van der Waals surface area contributed by atoms with Gasteiger partial charge in [-0.2, -0.15) is 0 Å². The Morgan fingerprint density at radius 1 is 0.935 bits per heavy atom. The van der Waals surface area contributed by atoms with Crippen LogP contribution in [0.3, 0.4) is 0 Å². The maximum Gasteiger partial charge on any atom is 0.407 e. The molecule has 0 heterocycles. The summed E-state index contributed by atoms with van der Waals surface area (Å²) in [5.41, 5.74) is -0.625. The second-order valence-corrected chi connectivity index (χ2v) is 8.25. The van der Waals surface area contributed by atoms with Gasteiger partial charge in [0.15, 0.2) is 0 Å². The zero-order valence-corrected chi connectivity index (χ0v) is 19.6. The van der Waals surface area contributed by atoms with Crippen LogP contribution in [0.25, 0.3) is 0 Å². The van der Waals surface area contributed by atoms with Crippen molar-refractivity contribution in [3.63, 3.8) is 0 Å². The highest BCUT2D eigenvalue weighted by molar-refractivity contribution is 5.87. The van der Waals surface area contributed by atoms with Crippen LogP contribution in [0.5, 0.6) is 0 Å². The quantitative estimate of drug-likeness (QED) is 0.189. The van der Waals surface area contributed by atoms with Gasteiger partial charge in [0.25, 0.3) is 0 Å². The number of nitrogens with one attached hydrogen (secondary N) is 1. The summed E-state index contributed by atoms with van der Waals surface area (Å²) >= 11 is 0. The van der Waals surface area contributed by atoms with E-state index in [4.69, 9.17) is 23.7 Å². The van der Waals surface area contributed by atoms with Crippen molar-refractivity contribution < 1.29 is 38.1 Å². The van der Waals surface area contributed by atoms with E-state index < -0.39 is 29.2 Å². The Morgan fingerprint density at radius 3 is 2.19 bits per heavy atom. The van der Waals surface area contributed by atoms with Crippen LogP contribution >= 0.6 is 0 Å². The zero-order valence-electron chi connectivity index (χ0n) is 19.6. The second-order valence-electron chi connectivity index (χ2n) is 8.25. The molecule has 0 saturated heterocycles. The van der Waals surface area contributed by atoms with E-state index in [2.05, 4.69) is 11.9 Å². The molecule has 0 aromatic rings. The van der Waals surface area contributed by atoms with Gasteiger partial charge in [0.1, 0.15) is 18.8 Å². The van der Waals surface area contributed by atoms with E-state index >= 15 is 0 Å². The van der Waals surface area contributed by atoms with Gasteiger partial charge in [-0.25, -0.2) is 14.4 Å². The van der Waals surface area contributed by atoms with E-state index in [1.54, 1.807) is 33.8 Å². The lowest BCUT2D eigenvalue weighted by molar-refractivity contribution is -0.142. The number of hydrogen-bond acceptors (Lipinski definition) is 8. The maximum absolute atomic E-state index is 12.0. The van der Waals surface area contributed by atoms with Gasteiger partial charge in [-0.1, -0.05) is 12.7 Å². The average Bonchev–Trinajstić information content (AvgIpc) is 2.66. The van der Waals surface area contributed by atoms with E-state index in [9.17, 15) is 14.4 Å². The van der Waals surface area contributed by atoms with Gasteiger partial charge in [-0.15, -0.1) is 0 Å². The molecular formula is C22H37NO8. The first-order valence-electron chi connectivity index (χ1n) is 10.2. The molecule has 178 valence electrons. The maximum atomic E-state index is 12.0. The van der Waals surface area contributed by atoms with Crippen molar-refractivity contribution in [2.24, 2.45) is 0 Å². The Kier molecular flexibility index (Phi) is 13.5. The first-order chi connectivity index (χ1) is 14.4. The second kappa shape index (κ2) is 14.6. The molecule has 1 amide bonds. The molecule has 0 atom stereocenters. The summed E-state index contributed by atoms with van der Waals surface area (Å²) in [6, 6.07) is 0. The minimum atomic E-state index is -0.549. The highest BCUT2D eigenvalue weighted by Crippen LogP contribution is 2.16. The molecule has 9 heteroatoms. The Labute approximate surface area is 185 Å². The molecule has 0 bridgehead atoms. The Morgan fingerprint density at radius 2 is 1.58 bits per heavy atom. The predicted octanol–water partition coefficient (Wildman–Crippen LogP) is 2.93. The summed E-state index contributed by atoms with van der Waals surface area (Å²) in [4.78, 5) is 34.4. The highest BCUT2D eigenvalue weighted by Gasteiger charge is 2.18.